The predicted molar refractivity (Wildman–Crippen MR) is 62.1 cm³/mol. The van der Waals surface area contributed by atoms with Crippen molar-refractivity contribution in [2.45, 2.75) is 6.42 Å². The molecule has 0 aliphatic heterocycles. The Morgan fingerprint density at radius 2 is 2.27 bits per heavy atom. The molecular formula is C10H7BrN2OS. The predicted octanol–water partition coefficient (Wildman–Crippen LogP) is 2.73. The molecule has 2 rings (SSSR count). The standard InChI is InChI=1S/C10H7BrN2OS/c11-8-2-4-15-10(8)5-9(14)7-1-3-12-13-6-7/h1-4,6H,5H2. The number of thiophene rings is 1. The molecule has 76 valence electrons. The van der Waals surface area contributed by atoms with Crippen LogP contribution < -0.4 is 0 Å². The minimum Gasteiger partial charge on any atom is -0.294 e. The van der Waals surface area contributed by atoms with E-state index in [2.05, 4.69) is 26.1 Å². The summed E-state index contributed by atoms with van der Waals surface area (Å²) in [6, 6.07) is 3.62. The van der Waals surface area contributed by atoms with Crippen molar-refractivity contribution < 1.29 is 4.79 Å². The van der Waals surface area contributed by atoms with Gasteiger partial charge in [-0.05, 0) is 33.4 Å². The Labute approximate surface area is 99.3 Å². The summed E-state index contributed by atoms with van der Waals surface area (Å²) in [5.74, 6) is 0.0630. The van der Waals surface area contributed by atoms with Crippen molar-refractivity contribution in [2.24, 2.45) is 0 Å². The van der Waals surface area contributed by atoms with Gasteiger partial charge in [0.05, 0.1) is 12.4 Å². The lowest BCUT2D eigenvalue weighted by Crippen LogP contribution is -2.03. The van der Waals surface area contributed by atoms with E-state index in [1.165, 1.54) is 12.4 Å². The molecule has 0 aromatic carbocycles. The van der Waals surface area contributed by atoms with E-state index >= 15 is 0 Å². The molecule has 0 amide bonds. The third kappa shape index (κ3) is 2.49. The molecule has 0 saturated carbocycles. The number of hydrogen-bond acceptors (Lipinski definition) is 4. The maximum atomic E-state index is 11.8. The molecule has 0 spiro atoms. The van der Waals surface area contributed by atoms with Crippen molar-refractivity contribution in [3.05, 3.63) is 44.8 Å². The molecule has 2 aromatic rings. The highest BCUT2D eigenvalue weighted by molar-refractivity contribution is 9.10. The van der Waals surface area contributed by atoms with Gasteiger partial charge in [-0.15, -0.1) is 11.3 Å². The Balaban J connectivity index is 2.15. The lowest BCUT2D eigenvalue weighted by molar-refractivity contribution is 0.0993. The number of aromatic nitrogens is 2. The minimum absolute atomic E-state index is 0.0630. The summed E-state index contributed by atoms with van der Waals surface area (Å²) in [5, 5.41) is 9.27. The molecule has 3 nitrogen and oxygen atoms in total. The second-order valence-electron chi connectivity index (χ2n) is 2.92. The molecule has 0 aliphatic rings. The molecule has 0 unspecified atom stereocenters. The van der Waals surface area contributed by atoms with Crippen LogP contribution in [0.5, 0.6) is 0 Å². The maximum absolute atomic E-state index is 11.8. The summed E-state index contributed by atoms with van der Waals surface area (Å²) in [6.07, 6.45) is 3.42. The summed E-state index contributed by atoms with van der Waals surface area (Å²) < 4.78 is 0.989. The Morgan fingerprint density at radius 1 is 1.40 bits per heavy atom. The van der Waals surface area contributed by atoms with Crippen LogP contribution in [0.1, 0.15) is 15.2 Å². The van der Waals surface area contributed by atoms with Crippen LogP contribution in [0.4, 0.5) is 0 Å². The molecule has 15 heavy (non-hydrogen) atoms. The second kappa shape index (κ2) is 4.63. The van der Waals surface area contributed by atoms with Crippen molar-refractivity contribution in [2.75, 3.05) is 0 Å². The van der Waals surface area contributed by atoms with Gasteiger partial charge in [-0.25, -0.2) is 0 Å². The van der Waals surface area contributed by atoms with E-state index in [-0.39, 0.29) is 5.78 Å². The van der Waals surface area contributed by atoms with E-state index in [0.717, 1.165) is 9.35 Å². The van der Waals surface area contributed by atoms with Crippen molar-refractivity contribution in [3.8, 4) is 0 Å². The first-order chi connectivity index (χ1) is 7.27. The monoisotopic (exact) mass is 282 g/mol. The molecule has 0 radical (unpaired) electrons. The Bertz CT molecular complexity index is 469. The highest BCUT2D eigenvalue weighted by Gasteiger charge is 2.10. The third-order valence-electron chi connectivity index (χ3n) is 1.92. The summed E-state index contributed by atoms with van der Waals surface area (Å²) in [5.41, 5.74) is 0.602. The third-order valence-corrected chi connectivity index (χ3v) is 3.84. The first kappa shape index (κ1) is 10.4. The number of Topliss-reactive ketones (excluding diaryl/α,β-unsaturated/α-hetero) is 1. The number of hydrogen-bond donors (Lipinski definition) is 0. The zero-order valence-corrected chi connectivity index (χ0v) is 10.1. The quantitative estimate of drug-likeness (QED) is 0.813. The van der Waals surface area contributed by atoms with Crippen molar-refractivity contribution in [3.63, 3.8) is 0 Å². The molecule has 2 aromatic heterocycles. The van der Waals surface area contributed by atoms with Crippen LogP contribution in [0.3, 0.4) is 0 Å². The highest BCUT2D eigenvalue weighted by Crippen LogP contribution is 2.23. The van der Waals surface area contributed by atoms with Crippen LogP contribution in [0.25, 0.3) is 0 Å². The lowest BCUT2D eigenvalue weighted by atomic mass is 10.1. The van der Waals surface area contributed by atoms with E-state index in [1.54, 1.807) is 17.4 Å². The van der Waals surface area contributed by atoms with Crippen LogP contribution in [-0.2, 0) is 6.42 Å². The fourth-order valence-electron chi connectivity index (χ4n) is 1.15. The zero-order chi connectivity index (χ0) is 10.7. The number of nitrogens with zero attached hydrogens (tertiary/aromatic N) is 2. The normalized spacial score (nSPS) is 10.2. The van der Waals surface area contributed by atoms with Gasteiger partial charge >= 0.3 is 0 Å². The first-order valence-corrected chi connectivity index (χ1v) is 5.96. The van der Waals surface area contributed by atoms with Crippen molar-refractivity contribution >= 4 is 33.0 Å². The van der Waals surface area contributed by atoms with Crippen LogP contribution in [0.15, 0.2) is 34.4 Å². The zero-order valence-electron chi connectivity index (χ0n) is 7.68. The molecule has 0 N–H and O–H groups in total. The maximum Gasteiger partial charge on any atom is 0.169 e. The van der Waals surface area contributed by atoms with Gasteiger partial charge in [-0.1, -0.05) is 0 Å². The fourth-order valence-corrected chi connectivity index (χ4v) is 2.65. The summed E-state index contributed by atoms with van der Waals surface area (Å²) in [4.78, 5) is 12.8. The van der Waals surface area contributed by atoms with E-state index < -0.39 is 0 Å². The van der Waals surface area contributed by atoms with E-state index in [1.807, 2.05) is 11.4 Å². The smallest absolute Gasteiger partial charge is 0.169 e. The Kier molecular flexibility index (Phi) is 3.23. The number of carbonyl (C=O) groups excluding carboxylic acids is 1. The highest BCUT2D eigenvalue weighted by atomic mass is 79.9. The lowest BCUT2D eigenvalue weighted by Gasteiger charge is -1.98. The average molecular weight is 283 g/mol. The largest absolute Gasteiger partial charge is 0.294 e. The summed E-state index contributed by atoms with van der Waals surface area (Å²) in [6.45, 7) is 0. The van der Waals surface area contributed by atoms with Gasteiger partial charge in [0.1, 0.15) is 0 Å². The van der Waals surface area contributed by atoms with Gasteiger partial charge in [-0.3, -0.25) is 4.79 Å². The minimum atomic E-state index is 0.0630. The van der Waals surface area contributed by atoms with E-state index in [0.29, 0.717) is 12.0 Å². The molecule has 0 bridgehead atoms. The van der Waals surface area contributed by atoms with Gasteiger partial charge in [0.15, 0.2) is 5.78 Å². The van der Waals surface area contributed by atoms with Gasteiger partial charge < -0.3 is 0 Å². The van der Waals surface area contributed by atoms with Crippen LogP contribution >= 0.6 is 27.3 Å². The SMILES string of the molecule is O=C(Cc1sccc1Br)c1ccnnc1. The van der Waals surface area contributed by atoms with Gasteiger partial charge in [0, 0.05) is 21.3 Å². The second-order valence-corrected chi connectivity index (χ2v) is 4.78. The topological polar surface area (TPSA) is 42.9 Å². The summed E-state index contributed by atoms with van der Waals surface area (Å²) in [7, 11) is 0. The number of halogens is 1. The van der Waals surface area contributed by atoms with Crippen LogP contribution in [0, 0.1) is 0 Å². The number of rotatable bonds is 3. The molecule has 0 atom stereocenters. The van der Waals surface area contributed by atoms with Gasteiger partial charge in [-0.2, -0.15) is 10.2 Å². The Morgan fingerprint density at radius 3 is 2.87 bits per heavy atom. The van der Waals surface area contributed by atoms with Crippen LogP contribution in [-0.4, -0.2) is 16.0 Å². The molecule has 2 heterocycles. The molecule has 0 aliphatic carbocycles. The van der Waals surface area contributed by atoms with Crippen molar-refractivity contribution in [1.29, 1.82) is 0 Å². The van der Waals surface area contributed by atoms with Crippen molar-refractivity contribution in [1.82, 2.24) is 10.2 Å². The average Bonchev–Trinajstić information content (AvgIpc) is 2.66. The number of ketones is 1. The van der Waals surface area contributed by atoms with Gasteiger partial charge in [0.2, 0.25) is 0 Å². The van der Waals surface area contributed by atoms with Gasteiger partial charge in [0.25, 0.3) is 0 Å². The van der Waals surface area contributed by atoms with E-state index in [4.69, 9.17) is 0 Å². The fraction of sp³-hybridized carbons (Fsp3) is 0.100. The molecular weight excluding hydrogens is 276 g/mol. The molecule has 0 saturated heterocycles. The summed E-state index contributed by atoms with van der Waals surface area (Å²) >= 11 is 4.97. The number of carbonyl (C=O) groups is 1. The van der Waals surface area contributed by atoms with E-state index in [9.17, 15) is 4.79 Å². The Hall–Kier alpha value is -1.07. The van der Waals surface area contributed by atoms with Crippen LogP contribution in [0.2, 0.25) is 0 Å². The molecule has 5 heteroatoms. The molecule has 0 fully saturated rings. The first-order valence-electron chi connectivity index (χ1n) is 4.29.